The molecule has 1 N–H and O–H groups in total. The first-order valence-corrected chi connectivity index (χ1v) is 11.2. The van der Waals surface area contributed by atoms with E-state index < -0.39 is 11.9 Å². The van der Waals surface area contributed by atoms with Crippen LogP contribution in [0.1, 0.15) is 39.0 Å². The number of ether oxygens (including phenoxy) is 1. The second kappa shape index (κ2) is 11.0. The quantitative estimate of drug-likeness (QED) is 0.632. The number of nitrogens with zero attached hydrogens (tertiary/aromatic N) is 2. The molecule has 2 fully saturated rings. The van der Waals surface area contributed by atoms with Crippen LogP contribution in [-0.4, -0.2) is 67.0 Å². The van der Waals surface area contributed by atoms with Gasteiger partial charge in [-0.25, -0.2) is 4.39 Å². The highest BCUT2D eigenvalue weighted by atomic mass is 35.5. The summed E-state index contributed by atoms with van der Waals surface area (Å²) in [6.45, 7) is 6.80. The molecule has 2 heterocycles. The Balaban J connectivity index is 1.37. The van der Waals surface area contributed by atoms with Crippen LogP contribution in [0.25, 0.3) is 0 Å². The van der Waals surface area contributed by atoms with Crippen LogP contribution < -0.4 is 10.1 Å². The van der Waals surface area contributed by atoms with Crippen molar-refractivity contribution >= 4 is 23.4 Å². The van der Waals surface area contributed by atoms with Crippen molar-refractivity contribution in [1.82, 2.24) is 15.1 Å². The lowest BCUT2D eigenvalue weighted by atomic mass is 9.95. The molecule has 0 aliphatic carbocycles. The number of nitrogens with one attached hydrogen (secondary N) is 1. The minimum Gasteiger partial charge on any atom is -0.479 e. The Hall–Kier alpha value is -1.86. The third kappa shape index (κ3) is 6.32. The number of carbonyl (C=O) groups excluding carboxylic acids is 2. The highest BCUT2D eigenvalue weighted by Crippen LogP contribution is 2.26. The maximum atomic E-state index is 13.2. The summed E-state index contributed by atoms with van der Waals surface area (Å²) in [5.41, 5.74) is 0. The Kier molecular flexibility index (Phi) is 8.33. The summed E-state index contributed by atoms with van der Waals surface area (Å²) in [7, 11) is 0. The van der Waals surface area contributed by atoms with Crippen molar-refractivity contribution in [1.29, 1.82) is 0 Å². The van der Waals surface area contributed by atoms with E-state index in [1.165, 1.54) is 38.1 Å². The van der Waals surface area contributed by atoms with Crippen LogP contribution in [0.2, 0.25) is 5.02 Å². The minimum absolute atomic E-state index is 0.0522. The van der Waals surface area contributed by atoms with Crippen LogP contribution in [0.3, 0.4) is 0 Å². The zero-order chi connectivity index (χ0) is 21.5. The van der Waals surface area contributed by atoms with Gasteiger partial charge in [0.15, 0.2) is 6.10 Å². The van der Waals surface area contributed by atoms with Crippen molar-refractivity contribution in [3.05, 3.63) is 29.0 Å². The summed E-state index contributed by atoms with van der Waals surface area (Å²) in [4.78, 5) is 29.2. The van der Waals surface area contributed by atoms with Gasteiger partial charge < -0.3 is 19.9 Å². The number of benzene rings is 1. The number of halogens is 2. The molecule has 30 heavy (non-hydrogen) atoms. The van der Waals surface area contributed by atoms with Gasteiger partial charge in [0, 0.05) is 25.6 Å². The molecule has 0 saturated carbocycles. The van der Waals surface area contributed by atoms with Crippen molar-refractivity contribution in [3.63, 3.8) is 0 Å². The molecule has 2 aliphatic heterocycles. The van der Waals surface area contributed by atoms with Gasteiger partial charge in [-0.05, 0) is 76.9 Å². The van der Waals surface area contributed by atoms with Gasteiger partial charge in [-0.15, -0.1) is 0 Å². The maximum Gasteiger partial charge on any atom is 0.263 e. The van der Waals surface area contributed by atoms with Gasteiger partial charge in [-0.2, -0.15) is 0 Å². The van der Waals surface area contributed by atoms with Crippen molar-refractivity contribution in [2.45, 2.75) is 45.1 Å². The molecular weight excluding hydrogens is 409 g/mol. The number of piperidine rings is 1. The standard InChI is InChI=1S/C22H31ClFN3O3/c1-16(30-20-6-5-18(24)15-19(20)23)22(29)27-13-7-17(8-14-27)21(28)25-9-4-12-26-10-2-3-11-26/h5-6,15-17H,2-4,7-14H2,1H3,(H,25,28). The Bertz CT molecular complexity index is 734. The molecular formula is C22H31ClFN3O3. The molecule has 6 nitrogen and oxygen atoms in total. The Morgan fingerprint density at radius 2 is 1.93 bits per heavy atom. The lowest BCUT2D eigenvalue weighted by Gasteiger charge is -2.33. The van der Waals surface area contributed by atoms with E-state index in [4.69, 9.17) is 16.3 Å². The smallest absolute Gasteiger partial charge is 0.263 e. The first kappa shape index (κ1) is 22.8. The third-order valence-corrected chi connectivity index (χ3v) is 6.17. The fourth-order valence-corrected chi connectivity index (χ4v) is 4.31. The normalized spacial score (nSPS) is 19.0. The lowest BCUT2D eigenvalue weighted by Crippen LogP contribution is -2.47. The monoisotopic (exact) mass is 439 g/mol. The summed E-state index contributed by atoms with van der Waals surface area (Å²) in [5, 5.41) is 3.18. The zero-order valence-electron chi connectivity index (χ0n) is 17.5. The summed E-state index contributed by atoms with van der Waals surface area (Å²) in [6, 6.07) is 3.82. The molecule has 0 bridgehead atoms. The summed E-state index contributed by atoms with van der Waals surface area (Å²) >= 11 is 5.97. The molecule has 1 aromatic carbocycles. The van der Waals surface area contributed by atoms with Gasteiger partial charge in [-0.1, -0.05) is 11.6 Å². The van der Waals surface area contributed by atoms with Crippen molar-refractivity contribution in [2.75, 3.05) is 39.3 Å². The molecule has 1 aromatic rings. The topological polar surface area (TPSA) is 61.9 Å². The van der Waals surface area contributed by atoms with Crippen molar-refractivity contribution in [3.8, 4) is 5.75 Å². The Morgan fingerprint density at radius 3 is 2.60 bits per heavy atom. The lowest BCUT2D eigenvalue weighted by molar-refractivity contribution is -0.141. The Labute approximate surface area is 182 Å². The van der Waals surface area contributed by atoms with E-state index in [0.29, 0.717) is 32.5 Å². The second-order valence-electron chi connectivity index (χ2n) is 8.13. The van der Waals surface area contributed by atoms with Crippen LogP contribution in [0.15, 0.2) is 18.2 Å². The van der Waals surface area contributed by atoms with Crippen LogP contribution in [0, 0.1) is 11.7 Å². The molecule has 0 spiro atoms. The summed E-state index contributed by atoms with van der Waals surface area (Å²) < 4.78 is 18.8. The van der Waals surface area contributed by atoms with Crippen LogP contribution >= 0.6 is 11.6 Å². The minimum atomic E-state index is -0.732. The maximum absolute atomic E-state index is 13.2. The first-order chi connectivity index (χ1) is 14.4. The zero-order valence-corrected chi connectivity index (χ0v) is 18.3. The number of hydrogen-bond acceptors (Lipinski definition) is 4. The van der Waals surface area contributed by atoms with Crippen molar-refractivity contribution in [2.24, 2.45) is 5.92 Å². The van der Waals surface area contributed by atoms with E-state index in [1.807, 2.05) is 0 Å². The molecule has 8 heteroatoms. The number of rotatable bonds is 8. The molecule has 166 valence electrons. The van der Waals surface area contributed by atoms with Crippen LogP contribution in [-0.2, 0) is 9.59 Å². The molecule has 2 saturated heterocycles. The van der Waals surface area contributed by atoms with Crippen LogP contribution in [0.5, 0.6) is 5.75 Å². The highest BCUT2D eigenvalue weighted by Gasteiger charge is 2.30. The predicted octanol–water partition coefficient (Wildman–Crippen LogP) is 3.09. The largest absolute Gasteiger partial charge is 0.479 e. The molecule has 3 rings (SSSR count). The van der Waals surface area contributed by atoms with Gasteiger partial charge in [0.2, 0.25) is 5.91 Å². The molecule has 1 unspecified atom stereocenters. The van der Waals surface area contributed by atoms with Gasteiger partial charge in [-0.3, -0.25) is 9.59 Å². The summed E-state index contributed by atoms with van der Waals surface area (Å²) in [6.07, 6.45) is 4.10. The van der Waals surface area contributed by atoms with Gasteiger partial charge in [0.05, 0.1) is 5.02 Å². The van der Waals surface area contributed by atoms with E-state index in [0.717, 1.165) is 19.0 Å². The number of carbonyl (C=O) groups is 2. The van der Waals surface area contributed by atoms with Gasteiger partial charge in [0.25, 0.3) is 5.91 Å². The first-order valence-electron chi connectivity index (χ1n) is 10.8. The number of likely N-dealkylation sites (tertiary alicyclic amines) is 2. The van der Waals surface area contributed by atoms with Gasteiger partial charge in [0.1, 0.15) is 11.6 Å². The Morgan fingerprint density at radius 1 is 1.23 bits per heavy atom. The van der Waals surface area contributed by atoms with E-state index in [9.17, 15) is 14.0 Å². The number of amides is 2. The van der Waals surface area contributed by atoms with Gasteiger partial charge >= 0.3 is 0 Å². The molecule has 2 amide bonds. The average molecular weight is 440 g/mol. The predicted molar refractivity (Wildman–Crippen MR) is 114 cm³/mol. The molecule has 1 atom stereocenters. The van der Waals surface area contributed by atoms with E-state index in [1.54, 1.807) is 11.8 Å². The molecule has 0 aromatic heterocycles. The second-order valence-corrected chi connectivity index (χ2v) is 8.53. The van der Waals surface area contributed by atoms with E-state index >= 15 is 0 Å². The molecule has 0 radical (unpaired) electrons. The van der Waals surface area contributed by atoms with E-state index in [2.05, 4.69) is 10.2 Å². The third-order valence-electron chi connectivity index (χ3n) is 5.87. The summed E-state index contributed by atoms with van der Waals surface area (Å²) in [5.74, 6) is -0.292. The highest BCUT2D eigenvalue weighted by molar-refractivity contribution is 6.32. The number of hydrogen-bond donors (Lipinski definition) is 1. The fourth-order valence-electron chi connectivity index (χ4n) is 4.10. The van der Waals surface area contributed by atoms with E-state index in [-0.39, 0.29) is 28.5 Å². The van der Waals surface area contributed by atoms with Crippen LogP contribution in [0.4, 0.5) is 4.39 Å². The fraction of sp³-hybridized carbons (Fsp3) is 0.636. The van der Waals surface area contributed by atoms with Crippen molar-refractivity contribution < 1.29 is 18.7 Å². The SMILES string of the molecule is CC(Oc1ccc(F)cc1Cl)C(=O)N1CCC(C(=O)NCCCN2CCCC2)CC1. The molecule has 2 aliphatic rings. The average Bonchev–Trinajstić information content (AvgIpc) is 3.26.